The minimum Gasteiger partial charge on any atom is -0.325 e. The molecule has 0 saturated heterocycles. The summed E-state index contributed by atoms with van der Waals surface area (Å²) in [6, 6.07) is 8.13. The number of hydrogen-bond donors (Lipinski definition) is 1. The number of benzene rings is 1. The number of hydrogen-bond acceptors (Lipinski definition) is 3. The third-order valence-electron chi connectivity index (χ3n) is 2.55. The van der Waals surface area contributed by atoms with Crippen LogP contribution in [0, 0.1) is 0 Å². The summed E-state index contributed by atoms with van der Waals surface area (Å²) in [7, 11) is 0. The molecule has 0 fully saturated rings. The Morgan fingerprint density at radius 3 is 2.59 bits per heavy atom. The van der Waals surface area contributed by atoms with E-state index >= 15 is 0 Å². The zero-order chi connectivity index (χ0) is 12.3. The van der Waals surface area contributed by atoms with Crippen molar-refractivity contribution in [3.63, 3.8) is 0 Å². The Morgan fingerprint density at radius 1 is 1.29 bits per heavy atom. The molecule has 0 aliphatic heterocycles. The fraction of sp³-hybridized carbons (Fsp3) is 0.333. The van der Waals surface area contributed by atoms with Crippen molar-refractivity contribution in [3.8, 4) is 11.3 Å². The van der Waals surface area contributed by atoms with Crippen molar-refractivity contribution in [1.82, 2.24) is 15.0 Å². The van der Waals surface area contributed by atoms with E-state index in [1.165, 1.54) is 0 Å². The van der Waals surface area contributed by atoms with Gasteiger partial charge in [-0.3, -0.25) is 0 Å². The summed E-state index contributed by atoms with van der Waals surface area (Å²) in [5, 5.41) is 8.28. The summed E-state index contributed by atoms with van der Waals surface area (Å²) in [5.41, 5.74) is 8.68. The predicted octanol–water partition coefficient (Wildman–Crippen LogP) is 2.58. The molecule has 2 rings (SSSR count). The molecular formula is C12H15BrN4. The first-order valence-electron chi connectivity index (χ1n) is 5.64. The van der Waals surface area contributed by atoms with Crippen LogP contribution in [0.25, 0.3) is 11.3 Å². The molecule has 0 atom stereocenters. The smallest absolute Gasteiger partial charge is 0.104 e. The average molecular weight is 295 g/mol. The van der Waals surface area contributed by atoms with E-state index in [-0.39, 0.29) is 0 Å². The standard InChI is InChI=1S/C12H15BrN4/c1-2-7-17-12(11(8-14)15-16-17)9-3-5-10(13)6-4-9/h3-6H,2,7-8,14H2,1H3. The van der Waals surface area contributed by atoms with Gasteiger partial charge >= 0.3 is 0 Å². The molecule has 0 bridgehead atoms. The molecule has 0 aliphatic rings. The van der Waals surface area contributed by atoms with Crippen LogP contribution in [-0.2, 0) is 13.1 Å². The quantitative estimate of drug-likeness (QED) is 0.943. The van der Waals surface area contributed by atoms with Crippen molar-refractivity contribution in [2.24, 2.45) is 5.73 Å². The Balaban J connectivity index is 2.47. The molecule has 0 amide bonds. The summed E-state index contributed by atoms with van der Waals surface area (Å²) >= 11 is 3.43. The lowest BCUT2D eigenvalue weighted by molar-refractivity contribution is 0.584. The summed E-state index contributed by atoms with van der Waals surface area (Å²) in [6.45, 7) is 3.39. The molecule has 1 aromatic heterocycles. The lowest BCUT2D eigenvalue weighted by Crippen LogP contribution is -2.04. The fourth-order valence-electron chi connectivity index (χ4n) is 1.78. The maximum absolute atomic E-state index is 5.70. The summed E-state index contributed by atoms with van der Waals surface area (Å²) in [4.78, 5) is 0. The van der Waals surface area contributed by atoms with Gasteiger partial charge in [-0.15, -0.1) is 5.10 Å². The SMILES string of the molecule is CCCn1nnc(CN)c1-c1ccc(Br)cc1. The number of nitrogens with two attached hydrogens (primary N) is 1. The van der Waals surface area contributed by atoms with E-state index in [9.17, 15) is 0 Å². The van der Waals surface area contributed by atoms with E-state index in [1.54, 1.807) is 0 Å². The average Bonchev–Trinajstić information content (AvgIpc) is 2.74. The van der Waals surface area contributed by atoms with Crippen molar-refractivity contribution in [3.05, 3.63) is 34.4 Å². The summed E-state index contributed by atoms with van der Waals surface area (Å²) in [5.74, 6) is 0. The Kier molecular flexibility index (Phi) is 3.91. The summed E-state index contributed by atoms with van der Waals surface area (Å²) < 4.78 is 2.98. The molecule has 2 N–H and O–H groups in total. The second kappa shape index (κ2) is 5.42. The molecule has 1 aromatic carbocycles. The molecule has 1 heterocycles. The second-order valence-corrected chi connectivity index (χ2v) is 4.73. The van der Waals surface area contributed by atoms with Gasteiger partial charge in [0.25, 0.3) is 0 Å². The highest BCUT2D eigenvalue weighted by Gasteiger charge is 2.12. The van der Waals surface area contributed by atoms with Gasteiger partial charge in [-0.25, -0.2) is 4.68 Å². The number of rotatable bonds is 4. The minimum absolute atomic E-state index is 0.412. The van der Waals surface area contributed by atoms with Crippen molar-refractivity contribution in [2.45, 2.75) is 26.4 Å². The van der Waals surface area contributed by atoms with Crippen LogP contribution in [0.4, 0.5) is 0 Å². The van der Waals surface area contributed by atoms with Crippen LogP contribution in [-0.4, -0.2) is 15.0 Å². The van der Waals surface area contributed by atoms with Crippen LogP contribution < -0.4 is 5.73 Å². The molecule has 2 aromatic rings. The highest BCUT2D eigenvalue weighted by atomic mass is 79.9. The Labute approximate surface area is 109 Å². The number of aromatic nitrogens is 3. The highest BCUT2D eigenvalue weighted by Crippen LogP contribution is 2.24. The molecule has 5 heteroatoms. The van der Waals surface area contributed by atoms with E-state index in [2.05, 4.69) is 33.2 Å². The number of nitrogens with zero attached hydrogens (tertiary/aromatic N) is 3. The van der Waals surface area contributed by atoms with E-state index in [4.69, 9.17) is 5.73 Å². The van der Waals surface area contributed by atoms with Crippen LogP contribution in [0.5, 0.6) is 0 Å². The fourth-order valence-corrected chi connectivity index (χ4v) is 2.04. The largest absolute Gasteiger partial charge is 0.325 e. The van der Waals surface area contributed by atoms with Crippen molar-refractivity contribution in [1.29, 1.82) is 0 Å². The Morgan fingerprint density at radius 2 is 2.00 bits per heavy atom. The van der Waals surface area contributed by atoms with Crippen LogP contribution in [0.1, 0.15) is 19.0 Å². The van der Waals surface area contributed by atoms with Gasteiger partial charge in [0.1, 0.15) is 5.69 Å². The maximum atomic E-state index is 5.70. The lowest BCUT2D eigenvalue weighted by atomic mass is 10.1. The van der Waals surface area contributed by atoms with Crippen molar-refractivity contribution < 1.29 is 0 Å². The Hall–Kier alpha value is -1.20. The molecule has 0 radical (unpaired) electrons. The maximum Gasteiger partial charge on any atom is 0.104 e. The molecule has 17 heavy (non-hydrogen) atoms. The topological polar surface area (TPSA) is 56.7 Å². The van der Waals surface area contributed by atoms with Gasteiger partial charge in [0.2, 0.25) is 0 Å². The zero-order valence-electron chi connectivity index (χ0n) is 9.73. The van der Waals surface area contributed by atoms with Gasteiger partial charge in [0.05, 0.1) is 5.69 Å². The van der Waals surface area contributed by atoms with Gasteiger partial charge in [0, 0.05) is 23.1 Å². The van der Waals surface area contributed by atoms with E-state index in [0.717, 1.165) is 34.4 Å². The van der Waals surface area contributed by atoms with Crippen LogP contribution in [0.2, 0.25) is 0 Å². The van der Waals surface area contributed by atoms with Crippen molar-refractivity contribution in [2.75, 3.05) is 0 Å². The first-order valence-corrected chi connectivity index (χ1v) is 6.44. The first-order chi connectivity index (χ1) is 8.26. The first kappa shape index (κ1) is 12.3. The lowest BCUT2D eigenvalue weighted by Gasteiger charge is -2.06. The molecule has 0 saturated carbocycles. The minimum atomic E-state index is 0.412. The second-order valence-electron chi connectivity index (χ2n) is 3.82. The number of aryl methyl sites for hydroxylation is 1. The van der Waals surface area contributed by atoms with E-state index in [1.807, 2.05) is 28.9 Å². The van der Waals surface area contributed by atoms with Gasteiger partial charge in [-0.2, -0.15) is 0 Å². The molecule has 0 aliphatic carbocycles. The monoisotopic (exact) mass is 294 g/mol. The molecular weight excluding hydrogens is 280 g/mol. The van der Waals surface area contributed by atoms with Gasteiger partial charge < -0.3 is 5.73 Å². The molecule has 0 unspecified atom stereocenters. The normalized spacial score (nSPS) is 10.8. The molecule has 90 valence electrons. The van der Waals surface area contributed by atoms with E-state index in [0.29, 0.717) is 6.54 Å². The van der Waals surface area contributed by atoms with Crippen LogP contribution in [0.3, 0.4) is 0 Å². The third kappa shape index (κ3) is 2.56. The van der Waals surface area contributed by atoms with Gasteiger partial charge in [0.15, 0.2) is 0 Å². The molecule has 0 spiro atoms. The van der Waals surface area contributed by atoms with E-state index < -0.39 is 0 Å². The van der Waals surface area contributed by atoms with Crippen LogP contribution in [0.15, 0.2) is 28.7 Å². The zero-order valence-corrected chi connectivity index (χ0v) is 11.3. The number of halogens is 1. The van der Waals surface area contributed by atoms with Crippen molar-refractivity contribution >= 4 is 15.9 Å². The molecule has 4 nitrogen and oxygen atoms in total. The predicted molar refractivity (Wildman–Crippen MR) is 71.3 cm³/mol. The highest BCUT2D eigenvalue weighted by molar-refractivity contribution is 9.10. The Bertz CT molecular complexity index is 490. The van der Waals surface area contributed by atoms with Gasteiger partial charge in [-0.05, 0) is 18.6 Å². The summed E-state index contributed by atoms with van der Waals surface area (Å²) in [6.07, 6.45) is 1.02. The van der Waals surface area contributed by atoms with Crippen LogP contribution >= 0.6 is 15.9 Å². The third-order valence-corrected chi connectivity index (χ3v) is 3.08. The van der Waals surface area contributed by atoms with Gasteiger partial charge in [-0.1, -0.05) is 40.2 Å².